The summed E-state index contributed by atoms with van der Waals surface area (Å²) < 4.78 is 12.7. The molecule has 0 saturated heterocycles. The summed E-state index contributed by atoms with van der Waals surface area (Å²) in [7, 11) is 1.62. The molecule has 0 amide bonds. The Morgan fingerprint density at radius 2 is 2.00 bits per heavy atom. The van der Waals surface area contributed by atoms with Crippen molar-refractivity contribution in [2.24, 2.45) is 0 Å². The van der Waals surface area contributed by atoms with Gasteiger partial charge in [0, 0.05) is 12.0 Å². The number of rotatable bonds is 4. The quantitative estimate of drug-likeness (QED) is 0.721. The molecule has 7 nitrogen and oxygen atoms in total. The van der Waals surface area contributed by atoms with Crippen molar-refractivity contribution in [1.29, 1.82) is 0 Å². The SMILES string of the molecule is CCc1nnc(-c2ccc(OC)c(-n3cnnc3)c2)o1. The number of nitrogens with zero attached hydrogens (tertiary/aromatic N) is 5. The topological polar surface area (TPSA) is 78.9 Å². The van der Waals surface area contributed by atoms with Gasteiger partial charge in [0.05, 0.1) is 12.8 Å². The maximum atomic E-state index is 5.56. The van der Waals surface area contributed by atoms with Gasteiger partial charge in [0.2, 0.25) is 11.8 Å². The fraction of sp³-hybridized carbons (Fsp3) is 0.231. The Hall–Kier alpha value is -2.70. The summed E-state index contributed by atoms with van der Waals surface area (Å²) in [6.07, 6.45) is 3.92. The Morgan fingerprint density at radius 3 is 2.65 bits per heavy atom. The van der Waals surface area contributed by atoms with Gasteiger partial charge in [0.1, 0.15) is 18.4 Å². The first-order chi connectivity index (χ1) is 9.81. The Bertz CT molecular complexity index is 705. The third-order valence-corrected chi connectivity index (χ3v) is 2.89. The Morgan fingerprint density at radius 1 is 1.20 bits per heavy atom. The lowest BCUT2D eigenvalue weighted by Crippen LogP contribution is -1.96. The number of benzene rings is 1. The monoisotopic (exact) mass is 271 g/mol. The van der Waals surface area contributed by atoms with E-state index < -0.39 is 0 Å². The minimum absolute atomic E-state index is 0.485. The van der Waals surface area contributed by atoms with Crippen LogP contribution < -0.4 is 4.74 Å². The van der Waals surface area contributed by atoms with Crippen molar-refractivity contribution in [2.75, 3.05) is 7.11 Å². The number of ether oxygens (including phenoxy) is 1. The third kappa shape index (κ3) is 2.13. The summed E-state index contributed by atoms with van der Waals surface area (Å²) in [6, 6.07) is 5.62. The van der Waals surface area contributed by atoms with E-state index in [-0.39, 0.29) is 0 Å². The molecule has 2 heterocycles. The highest BCUT2D eigenvalue weighted by molar-refractivity contribution is 5.62. The number of hydrogen-bond donors (Lipinski definition) is 0. The van der Waals surface area contributed by atoms with Crippen molar-refractivity contribution >= 4 is 0 Å². The van der Waals surface area contributed by atoms with Crippen molar-refractivity contribution in [3.63, 3.8) is 0 Å². The van der Waals surface area contributed by atoms with Gasteiger partial charge in [0.25, 0.3) is 0 Å². The van der Waals surface area contributed by atoms with Crippen LogP contribution in [0.1, 0.15) is 12.8 Å². The largest absolute Gasteiger partial charge is 0.495 e. The molecule has 0 fully saturated rings. The highest BCUT2D eigenvalue weighted by Crippen LogP contribution is 2.28. The molecule has 0 saturated carbocycles. The van der Waals surface area contributed by atoms with Crippen molar-refractivity contribution in [2.45, 2.75) is 13.3 Å². The lowest BCUT2D eigenvalue weighted by Gasteiger charge is -2.09. The summed E-state index contributed by atoms with van der Waals surface area (Å²) in [4.78, 5) is 0. The van der Waals surface area contributed by atoms with E-state index in [0.29, 0.717) is 24.0 Å². The molecule has 0 radical (unpaired) electrons. The molecule has 3 aromatic rings. The zero-order valence-electron chi connectivity index (χ0n) is 11.1. The van der Waals surface area contributed by atoms with Crippen LogP contribution in [0.5, 0.6) is 5.75 Å². The first-order valence-corrected chi connectivity index (χ1v) is 6.17. The van der Waals surface area contributed by atoms with E-state index in [4.69, 9.17) is 9.15 Å². The molecule has 0 bridgehead atoms. The van der Waals surface area contributed by atoms with Crippen LogP contribution in [-0.2, 0) is 6.42 Å². The molecule has 0 aliphatic heterocycles. The molecule has 2 aromatic heterocycles. The fourth-order valence-electron chi connectivity index (χ4n) is 1.86. The Balaban J connectivity index is 2.07. The summed E-state index contributed by atoms with van der Waals surface area (Å²) in [6.45, 7) is 1.97. The van der Waals surface area contributed by atoms with Gasteiger partial charge >= 0.3 is 0 Å². The van der Waals surface area contributed by atoms with Gasteiger partial charge in [-0.3, -0.25) is 4.57 Å². The summed E-state index contributed by atoms with van der Waals surface area (Å²) in [5, 5.41) is 15.6. The fourth-order valence-corrected chi connectivity index (χ4v) is 1.86. The number of hydrogen-bond acceptors (Lipinski definition) is 6. The van der Waals surface area contributed by atoms with Gasteiger partial charge in [-0.05, 0) is 18.2 Å². The smallest absolute Gasteiger partial charge is 0.247 e. The molecule has 0 N–H and O–H groups in total. The zero-order valence-corrected chi connectivity index (χ0v) is 11.1. The third-order valence-electron chi connectivity index (χ3n) is 2.89. The van der Waals surface area contributed by atoms with E-state index in [1.165, 1.54) is 0 Å². The maximum Gasteiger partial charge on any atom is 0.247 e. The first kappa shape index (κ1) is 12.3. The molecule has 7 heteroatoms. The van der Waals surface area contributed by atoms with Gasteiger partial charge in [0.15, 0.2) is 0 Å². The minimum atomic E-state index is 0.485. The van der Waals surface area contributed by atoms with Gasteiger partial charge < -0.3 is 9.15 Å². The van der Waals surface area contributed by atoms with Gasteiger partial charge in [-0.2, -0.15) is 0 Å². The average molecular weight is 271 g/mol. The maximum absolute atomic E-state index is 5.56. The van der Waals surface area contributed by atoms with Crippen LogP contribution in [0.2, 0.25) is 0 Å². The molecule has 3 rings (SSSR count). The number of aromatic nitrogens is 5. The molecule has 20 heavy (non-hydrogen) atoms. The second-order valence-corrected chi connectivity index (χ2v) is 4.11. The summed E-state index contributed by atoms with van der Waals surface area (Å²) in [5.41, 5.74) is 1.63. The number of methoxy groups -OCH3 is 1. The molecule has 102 valence electrons. The molecule has 0 aliphatic rings. The minimum Gasteiger partial charge on any atom is -0.495 e. The van der Waals surface area contributed by atoms with Crippen molar-refractivity contribution in [1.82, 2.24) is 25.0 Å². The second-order valence-electron chi connectivity index (χ2n) is 4.11. The first-order valence-electron chi connectivity index (χ1n) is 6.17. The van der Waals surface area contributed by atoms with Crippen LogP contribution in [-0.4, -0.2) is 32.1 Å². The number of aryl methyl sites for hydroxylation is 1. The molecule has 1 aromatic carbocycles. The van der Waals surface area contributed by atoms with E-state index in [0.717, 1.165) is 11.3 Å². The van der Waals surface area contributed by atoms with Gasteiger partial charge in [-0.1, -0.05) is 6.92 Å². The summed E-state index contributed by atoms with van der Waals surface area (Å²) in [5.74, 6) is 1.81. The van der Waals surface area contributed by atoms with Gasteiger partial charge in [-0.15, -0.1) is 20.4 Å². The zero-order chi connectivity index (χ0) is 13.9. The van der Waals surface area contributed by atoms with Crippen LogP contribution in [0.3, 0.4) is 0 Å². The molecule has 0 unspecified atom stereocenters. The van der Waals surface area contributed by atoms with Gasteiger partial charge in [-0.25, -0.2) is 0 Å². The van der Waals surface area contributed by atoms with E-state index in [1.807, 2.05) is 25.1 Å². The predicted octanol–water partition coefficient (Wildman–Crippen LogP) is 1.89. The van der Waals surface area contributed by atoms with Crippen LogP contribution in [0.4, 0.5) is 0 Å². The van der Waals surface area contributed by atoms with Crippen molar-refractivity contribution in [3.8, 4) is 22.9 Å². The average Bonchev–Trinajstić information content (AvgIpc) is 3.17. The highest BCUT2D eigenvalue weighted by atomic mass is 16.5. The highest BCUT2D eigenvalue weighted by Gasteiger charge is 2.12. The van der Waals surface area contributed by atoms with E-state index >= 15 is 0 Å². The Labute approximate surface area is 115 Å². The predicted molar refractivity (Wildman–Crippen MR) is 70.6 cm³/mol. The van der Waals surface area contributed by atoms with Crippen molar-refractivity contribution in [3.05, 3.63) is 36.7 Å². The van der Waals surface area contributed by atoms with Crippen molar-refractivity contribution < 1.29 is 9.15 Å². The van der Waals surface area contributed by atoms with Crippen LogP contribution in [0, 0.1) is 0 Å². The normalized spacial score (nSPS) is 10.7. The standard InChI is InChI=1S/C13H13N5O2/c1-3-12-16-17-13(20-12)9-4-5-11(19-2)10(6-9)18-7-14-15-8-18/h4-8H,3H2,1-2H3. The van der Waals surface area contributed by atoms with Crippen LogP contribution in [0.25, 0.3) is 17.1 Å². The summed E-state index contributed by atoms with van der Waals surface area (Å²) >= 11 is 0. The molecule has 0 atom stereocenters. The molecular formula is C13H13N5O2. The second kappa shape index (κ2) is 5.12. The van der Waals surface area contributed by atoms with Crippen LogP contribution >= 0.6 is 0 Å². The van der Waals surface area contributed by atoms with E-state index in [1.54, 1.807) is 24.3 Å². The lowest BCUT2D eigenvalue weighted by atomic mass is 10.2. The molecule has 0 aliphatic carbocycles. The molecule has 0 spiro atoms. The van der Waals surface area contributed by atoms with E-state index in [2.05, 4.69) is 20.4 Å². The lowest BCUT2D eigenvalue weighted by molar-refractivity contribution is 0.413. The van der Waals surface area contributed by atoms with E-state index in [9.17, 15) is 0 Å². The van der Waals surface area contributed by atoms with Crippen LogP contribution in [0.15, 0.2) is 35.3 Å². The molecular weight excluding hydrogens is 258 g/mol. The Kier molecular flexibility index (Phi) is 3.16.